The molecule has 7 heteroatoms. The maximum Gasteiger partial charge on any atom is 0.308 e. The van der Waals surface area contributed by atoms with Crippen LogP contribution in [0.1, 0.15) is 18.9 Å². The molecule has 1 fully saturated rings. The molecule has 130 valence electrons. The summed E-state index contributed by atoms with van der Waals surface area (Å²) in [6.45, 7) is 1.82. The number of hydrogen-bond donors (Lipinski definition) is 2. The molecule has 0 bridgehead atoms. The molecule has 0 saturated carbocycles. The molecule has 1 saturated heterocycles. The third-order valence-corrected chi connectivity index (χ3v) is 5.02. The first-order valence-electron chi connectivity index (χ1n) is 7.94. The molecule has 2 atom stereocenters. The molecule has 0 aromatic heterocycles. The van der Waals surface area contributed by atoms with Crippen molar-refractivity contribution < 1.29 is 19.5 Å². The largest absolute Gasteiger partial charge is 0.481 e. The highest BCUT2D eigenvalue weighted by molar-refractivity contribution is 7.99. The molecule has 6 nitrogen and oxygen atoms in total. The number of amides is 2. The van der Waals surface area contributed by atoms with Gasteiger partial charge in [-0.3, -0.25) is 14.4 Å². The first-order chi connectivity index (χ1) is 11.5. The Morgan fingerprint density at radius 3 is 2.67 bits per heavy atom. The third kappa shape index (κ3) is 4.74. The van der Waals surface area contributed by atoms with Crippen molar-refractivity contribution in [3.8, 4) is 0 Å². The second-order valence-corrected chi connectivity index (χ2v) is 6.70. The van der Waals surface area contributed by atoms with Gasteiger partial charge in [0.15, 0.2) is 0 Å². The lowest BCUT2D eigenvalue weighted by molar-refractivity contribution is -0.142. The summed E-state index contributed by atoms with van der Waals surface area (Å²) < 4.78 is 0. The minimum atomic E-state index is -0.943. The maximum atomic E-state index is 12.3. The molecule has 24 heavy (non-hydrogen) atoms. The zero-order chi connectivity index (χ0) is 17.5. The Hall–Kier alpha value is -2.02. The number of thioether (sulfide) groups is 1. The SMILES string of the molecule is CCC(=O)N1CSCC1C(=O)NCC(Cc1ccccc1)C(=O)O. The average Bonchev–Trinajstić information content (AvgIpc) is 3.08. The van der Waals surface area contributed by atoms with E-state index in [4.69, 9.17) is 0 Å². The van der Waals surface area contributed by atoms with Gasteiger partial charge in [-0.2, -0.15) is 0 Å². The van der Waals surface area contributed by atoms with Crippen molar-refractivity contribution >= 4 is 29.5 Å². The number of carbonyl (C=O) groups is 3. The van der Waals surface area contributed by atoms with Crippen LogP contribution in [0.5, 0.6) is 0 Å². The van der Waals surface area contributed by atoms with Crippen molar-refractivity contribution in [3.63, 3.8) is 0 Å². The van der Waals surface area contributed by atoms with Crippen molar-refractivity contribution in [2.24, 2.45) is 5.92 Å². The van der Waals surface area contributed by atoms with Gasteiger partial charge < -0.3 is 15.3 Å². The van der Waals surface area contributed by atoms with Crippen LogP contribution < -0.4 is 5.32 Å². The molecule has 1 aliphatic rings. The molecule has 1 aliphatic heterocycles. The number of rotatable bonds is 7. The van der Waals surface area contributed by atoms with Crippen LogP contribution in [0, 0.1) is 5.92 Å². The Bertz CT molecular complexity index is 594. The van der Waals surface area contributed by atoms with Crippen LogP contribution in [0.4, 0.5) is 0 Å². The van der Waals surface area contributed by atoms with Gasteiger partial charge in [0, 0.05) is 18.7 Å². The number of nitrogens with one attached hydrogen (secondary N) is 1. The Morgan fingerprint density at radius 1 is 1.33 bits per heavy atom. The molecular weight excluding hydrogens is 328 g/mol. The molecule has 2 amide bonds. The van der Waals surface area contributed by atoms with E-state index in [-0.39, 0.29) is 18.4 Å². The number of nitrogens with zero attached hydrogens (tertiary/aromatic N) is 1. The zero-order valence-electron chi connectivity index (χ0n) is 13.6. The van der Waals surface area contributed by atoms with Crippen LogP contribution in [0.15, 0.2) is 30.3 Å². The van der Waals surface area contributed by atoms with Crippen molar-refractivity contribution in [1.82, 2.24) is 10.2 Å². The van der Waals surface area contributed by atoms with Crippen molar-refractivity contribution in [2.75, 3.05) is 18.2 Å². The Balaban J connectivity index is 1.92. The molecule has 1 aromatic carbocycles. The molecule has 0 aliphatic carbocycles. The molecule has 2 rings (SSSR count). The molecule has 1 heterocycles. The summed E-state index contributed by atoms with van der Waals surface area (Å²) in [5, 5.41) is 12.1. The van der Waals surface area contributed by atoms with Gasteiger partial charge in [0.2, 0.25) is 11.8 Å². The van der Waals surface area contributed by atoms with Gasteiger partial charge in [0.25, 0.3) is 0 Å². The Kier molecular flexibility index (Phi) is 6.66. The quantitative estimate of drug-likeness (QED) is 0.775. The summed E-state index contributed by atoms with van der Waals surface area (Å²) in [5.41, 5.74) is 0.915. The van der Waals surface area contributed by atoms with Crippen molar-refractivity contribution in [1.29, 1.82) is 0 Å². The number of carboxylic acids is 1. The van der Waals surface area contributed by atoms with E-state index in [0.29, 0.717) is 24.5 Å². The van der Waals surface area contributed by atoms with Crippen LogP contribution in [-0.4, -0.2) is 52.0 Å². The lowest BCUT2D eigenvalue weighted by Gasteiger charge is -2.23. The van der Waals surface area contributed by atoms with E-state index >= 15 is 0 Å². The van der Waals surface area contributed by atoms with E-state index in [1.165, 1.54) is 11.8 Å². The van der Waals surface area contributed by atoms with Crippen LogP contribution in [0.3, 0.4) is 0 Å². The summed E-state index contributed by atoms with van der Waals surface area (Å²) >= 11 is 1.53. The third-order valence-electron chi connectivity index (χ3n) is 4.00. The van der Waals surface area contributed by atoms with Gasteiger partial charge in [-0.1, -0.05) is 37.3 Å². The molecule has 2 N–H and O–H groups in total. The number of hydrogen-bond acceptors (Lipinski definition) is 4. The predicted octanol–water partition coefficient (Wildman–Crippen LogP) is 1.36. The highest BCUT2D eigenvalue weighted by Gasteiger charge is 2.34. The minimum Gasteiger partial charge on any atom is -0.481 e. The van der Waals surface area contributed by atoms with E-state index in [9.17, 15) is 19.5 Å². The zero-order valence-corrected chi connectivity index (χ0v) is 14.4. The molecule has 2 unspecified atom stereocenters. The lowest BCUT2D eigenvalue weighted by Crippen LogP contribution is -2.48. The highest BCUT2D eigenvalue weighted by atomic mass is 32.2. The van der Waals surface area contributed by atoms with E-state index in [1.54, 1.807) is 11.8 Å². The Morgan fingerprint density at radius 2 is 2.04 bits per heavy atom. The second-order valence-electron chi connectivity index (χ2n) is 5.70. The average molecular weight is 350 g/mol. The fourth-order valence-electron chi connectivity index (χ4n) is 2.60. The van der Waals surface area contributed by atoms with Gasteiger partial charge in [0.05, 0.1) is 11.8 Å². The van der Waals surface area contributed by atoms with Gasteiger partial charge >= 0.3 is 5.97 Å². The van der Waals surface area contributed by atoms with Crippen LogP contribution in [0.25, 0.3) is 0 Å². The van der Waals surface area contributed by atoms with E-state index in [1.807, 2.05) is 30.3 Å². The van der Waals surface area contributed by atoms with Crippen LogP contribution >= 0.6 is 11.8 Å². The van der Waals surface area contributed by atoms with E-state index in [2.05, 4.69) is 5.32 Å². The van der Waals surface area contributed by atoms with Crippen LogP contribution in [-0.2, 0) is 20.8 Å². The van der Waals surface area contributed by atoms with Crippen LogP contribution in [0.2, 0.25) is 0 Å². The van der Waals surface area contributed by atoms with Gasteiger partial charge in [0.1, 0.15) is 6.04 Å². The van der Waals surface area contributed by atoms with Crippen molar-refractivity contribution in [3.05, 3.63) is 35.9 Å². The highest BCUT2D eigenvalue weighted by Crippen LogP contribution is 2.22. The summed E-state index contributed by atoms with van der Waals surface area (Å²) in [4.78, 5) is 37.2. The summed E-state index contributed by atoms with van der Waals surface area (Å²) in [6.07, 6.45) is 0.712. The summed E-state index contributed by atoms with van der Waals surface area (Å²) in [7, 11) is 0. The fourth-order valence-corrected chi connectivity index (χ4v) is 3.78. The number of carbonyl (C=O) groups excluding carboxylic acids is 2. The standard InChI is InChI=1S/C17H22N2O4S/c1-2-15(20)19-11-24-10-14(19)16(21)18-9-13(17(22)23)8-12-6-4-3-5-7-12/h3-7,13-14H,2,8-11H2,1H3,(H,18,21)(H,22,23). The van der Waals surface area contributed by atoms with Gasteiger partial charge in [-0.15, -0.1) is 11.8 Å². The first kappa shape index (κ1) is 18.3. The monoisotopic (exact) mass is 350 g/mol. The van der Waals surface area contributed by atoms with Crippen molar-refractivity contribution in [2.45, 2.75) is 25.8 Å². The topological polar surface area (TPSA) is 86.7 Å². The fraction of sp³-hybridized carbons (Fsp3) is 0.471. The molecular formula is C17H22N2O4S. The normalized spacial score (nSPS) is 18.2. The van der Waals surface area contributed by atoms with Gasteiger partial charge in [-0.05, 0) is 12.0 Å². The second kappa shape index (κ2) is 8.73. The molecule has 1 aromatic rings. The summed E-state index contributed by atoms with van der Waals surface area (Å²) in [6, 6.07) is 8.82. The Labute approximate surface area is 145 Å². The predicted molar refractivity (Wildman–Crippen MR) is 92.5 cm³/mol. The maximum absolute atomic E-state index is 12.3. The number of aliphatic carboxylic acids is 1. The lowest BCUT2D eigenvalue weighted by atomic mass is 9.99. The number of carboxylic acid groups (broad SMARTS) is 1. The molecule has 0 spiro atoms. The minimum absolute atomic E-state index is 0.0540. The van der Waals surface area contributed by atoms with Gasteiger partial charge in [-0.25, -0.2) is 0 Å². The smallest absolute Gasteiger partial charge is 0.308 e. The molecule has 0 radical (unpaired) electrons. The van der Waals surface area contributed by atoms with E-state index < -0.39 is 17.9 Å². The number of benzene rings is 1. The summed E-state index contributed by atoms with van der Waals surface area (Å²) in [5.74, 6) is -0.909. The van der Waals surface area contributed by atoms with E-state index in [0.717, 1.165) is 5.56 Å². The first-order valence-corrected chi connectivity index (χ1v) is 9.10.